The summed E-state index contributed by atoms with van der Waals surface area (Å²) in [6.45, 7) is 0. The highest BCUT2D eigenvalue weighted by atomic mass is 14.8. The van der Waals surface area contributed by atoms with Gasteiger partial charge in [-0.1, -0.05) is 36.4 Å². The Bertz CT molecular complexity index is 1210. The maximum Gasteiger partial charge on any atom is 0.0894 e. The highest BCUT2D eigenvalue weighted by Gasteiger charge is 2.07. The first-order valence-electron chi connectivity index (χ1n) is 7.89. The minimum absolute atomic E-state index is 0.879. The van der Waals surface area contributed by atoms with Gasteiger partial charge in [0.05, 0.1) is 27.9 Å². The summed E-state index contributed by atoms with van der Waals surface area (Å²) < 4.78 is 0. The number of pyridine rings is 3. The van der Waals surface area contributed by atoms with Gasteiger partial charge in [-0.3, -0.25) is 4.98 Å². The number of aromatic nitrogens is 3. The molecule has 3 heterocycles. The van der Waals surface area contributed by atoms with Crippen LogP contribution < -0.4 is 0 Å². The molecule has 2 aromatic carbocycles. The minimum atomic E-state index is 0.879. The van der Waals surface area contributed by atoms with E-state index in [1.165, 1.54) is 0 Å². The Kier molecular flexibility index (Phi) is 2.79. The summed E-state index contributed by atoms with van der Waals surface area (Å²) in [5, 5.41) is 3.31. The van der Waals surface area contributed by atoms with Crippen molar-refractivity contribution in [2.24, 2.45) is 0 Å². The van der Waals surface area contributed by atoms with Crippen LogP contribution in [-0.2, 0) is 0 Å². The summed E-state index contributed by atoms with van der Waals surface area (Å²) in [6.07, 6.45) is 1.81. The fraction of sp³-hybridized carbons (Fsp3) is 0. The summed E-state index contributed by atoms with van der Waals surface area (Å²) in [5.74, 6) is 0. The number of rotatable bonds is 1. The number of benzene rings is 2. The van der Waals surface area contributed by atoms with Crippen molar-refractivity contribution >= 4 is 32.7 Å². The fourth-order valence-corrected chi connectivity index (χ4v) is 3.09. The molecule has 0 aliphatic carbocycles. The second kappa shape index (κ2) is 5.10. The summed E-state index contributed by atoms with van der Waals surface area (Å²) in [5.41, 5.74) is 4.67. The molecule has 0 N–H and O–H groups in total. The molecule has 112 valence electrons. The fourth-order valence-electron chi connectivity index (χ4n) is 3.09. The molecule has 0 saturated carbocycles. The zero-order valence-corrected chi connectivity index (χ0v) is 12.8. The molecule has 0 bridgehead atoms. The van der Waals surface area contributed by atoms with Crippen LogP contribution in [0.5, 0.6) is 0 Å². The van der Waals surface area contributed by atoms with Gasteiger partial charge in [0, 0.05) is 22.4 Å². The SMILES string of the molecule is c1ccc2nc(-c3ccc4ccc5ncccc5c4n3)ccc2c1. The lowest BCUT2D eigenvalue weighted by atomic mass is 10.1. The molecule has 0 fully saturated rings. The molecular weight excluding hydrogens is 294 g/mol. The Morgan fingerprint density at radius 1 is 0.542 bits per heavy atom. The van der Waals surface area contributed by atoms with Crippen LogP contribution in [-0.4, -0.2) is 15.0 Å². The van der Waals surface area contributed by atoms with Crippen molar-refractivity contribution < 1.29 is 0 Å². The summed E-state index contributed by atoms with van der Waals surface area (Å²) in [7, 11) is 0. The van der Waals surface area contributed by atoms with Crippen LogP contribution in [0.4, 0.5) is 0 Å². The molecule has 5 aromatic rings. The molecule has 0 radical (unpaired) electrons. The van der Waals surface area contributed by atoms with Gasteiger partial charge in [0.25, 0.3) is 0 Å². The van der Waals surface area contributed by atoms with Gasteiger partial charge in [0.1, 0.15) is 0 Å². The normalized spacial score (nSPS) is 11.3. The smallest absolute Gasteiger partial charge is 0.0894 e. The maximum atomic E-state index is 4.88. The highest BCUT2D eigenvalue weighted by Crippen LogP contribution is 2.26. The van der Waals surface area contributed by atoms with Crippen LogP contribution in [0.25, 0.3) is 44.1 Å². The second-order valence-electron chi connectivity index (χ2n) is 5.79. The van der Waals surface area contributed by atoms with Gasteiger partial charge in [-0.15, -0.1) is 0 Å². The van der Waals surface area contributed by atoms with Gasteiger partial charge >= 0.3 is 0 Å². The number of nitrogens with zero attached hydrogens (tertiary/aromatic N) is 3. The number of fused-ring (bicyclic) bond motifs is 4. The zero-order chi connectivity index (χ0) is 15.9. The Morgan fingerprint density at radius 3 is 2.29 bits per heavy atom. The summed E-state index contributed by atoms with van der Waals surface area (Å²) >= 11 is 0. The van der Waals surface area contributed by atoms with Crippen molar-refractivity contribution in [1.29, 1.82) is 0 Å². The minimum Gasteiger partial charge on any atom is -0.256 e. The van der Waals surface area contributed by atoms with Crippen LogP contribution in [0.15, 0.2) is 79.0 Å². The molecule has 0 spiro atoms. The number of hydrogen-bond acceptors (Lipinski definition) is 3. The Balaban J connectivity index is 1.77. The van der Waals surface area contributed by atoms with E-state index in [2.05, 4.69) is 35.3 Å². The van der Waals surface area contributed by atoms with Crippen molar-refractivity contribution in [1.82, 2.24) is 15.0 Å². The van der Waals surface area contributed by atoms with Crippen molar-refractivity contribution in [2.45, 2.75) is 0 Å². The van der Waals surface area contributed by atoms with E-state index in [0.717, 1.165) is 44.1 Å². The van der Waals surface area contributed by atoms with Gasteiger partial charge < -0.3 is 0 Å². The molecule has 0 amide bonds. The molecular formula is C21H13N3. The topological polar surface area (TPSA) is 38.7 Å². The largest absolute Gasteiger partial charge is 0.256 e. The highest BCUT2D eigenvalue weighted by molar-refractivity contribution is 6.04. The van der Waals surface area contributed by atoms with Crippen molar-refractivity contribution in [3.8, 4) is 11.4 Å². The van der Waals surface area contributed by atoms with E-state index < -0.39 is 0 Å². The first kappa shape index (κ1) is 13.1. The molecule has 3 nitrogen and oxygen atoms in total. The summed E-state index contributed by atoms with van der Waals surface area (Å²) in [4.78, 5) is 14.1. The van der Waals surface area contributed by atoms with Crippen molar-refractivity contribution in [3.05, 3.63) is 79.0 Å². The van der Waals surface area contributed by atoms with Crippen LogP contribution in [0.1, 0.15) is 0 Å². The van der Waals surface area contributed by atoms with E-state index in [0.29, 0.717) is 0 Å². The van der Waals surface area contributed by atoms with E-state index in [9.17, 15) is 0 Å². The molecule has 0 saturated heterocycles. The second-order valence-corrected chi connectivity index (χ2v) is 5.79. The molecule has 0 aliphatic heterocycles. The lowest BCUT2D eigenvalue weighted by Gasteiger charge is -2.06. The average molecular weight is 307 g/mol. The van der Waals surface area contributed by atoms with Crippen LogP contribution in [0, 0.1) is 0 Å². The van der Waals surface area contributed by atoms with E-state index in [4.69, 9.17) is 9.97 Å². The molecule has 0 aliphatic rings. The van der Waals surface area contributed by atoms with E-state index in [-0.39, 0.29) is 0 Å². The Morgan fingerprint density at radius 2 is 1.33 bits per heavy atom. The summed E-state index contributed by atoms with van der Waals surface area (Å²) in [6, 6.07) is 24.5. The predicted octanol–water partition coefficient (Wildman–Crippen LogP) is 5.00. The lowest BCUT2D eigenvalue weighted by Crippen LogP contribution is -1.90. The predicted molar refractivity (Wildman–Crippen MR) is 97.8 cm³/mol. The van der Waals surface area contributed by atoms with Crippen molar-refractivity contribution in [3.63, 3.8) is 0 Å². The third kappa shape index (κ3) is 2.02. The molecule has 3 heteroatoms. The third-order valence-electron chi connectivity index (χ3n) is 4.30. The van der Waals surface area contributed by atoms with Gasteiger partial charge in [-0.05, 0) is 36.4 Å². The molecule has 0 atom stereocenters. The zero-order valence-electron chi connectivity index (χ0n) is 12.8. The number of hydrogen-bond donors (Lipinski definition) is 0. The van der Waals surface area contributed by atoms with E-state index in [1.54, 1.807) is 0 Å². The maximum absolute atomic E-state index is 4.88. The van der Waals surface area contributed by atoms with Crippen LogP contribution in [0.2, 0.25) is 0 Å². The first-order chi connectivity index (χ1) is 11.9. The van der Waals surface area contributed by atoms with Gasteiger partial charge in [-0.2, -0.15) is 0 Å². The molecule has 3 aromatic heterocycles. The average Bonchev–Trinajstić information content (AvgIpc) is 2.67. The molecule has 24 heavy (non-hydrogen) atoms. The lowest BCUT2D eigenvalue weighted by molar-refractivity contribution is 1.32. The first-order valence-corrected chi connectivity index (χ1v) is 7.89. The monoisotopic (exact) mass is 307 g/mol. The van der Waals surface area contributed by atoms with Crippen LogP contribution in [0.3, 0.4) is 0 Å². The van der Waals surface area contributed by atoms with Gasteiger partial charge in [0.2, 0.25) is 0 Å². The van der Waals surface area contributed by atoms with E-state index >= 15 is 0 Å². The van der Waals surface area contributed by atoms with E-state index in [1.807, 2.05) is 48.7 Å². The Labute approximate surface area is 138 Å². The Hall–Kier alpha value is -3.33. The standard InChI is InChI=1S/C21H13N3/c1-2-6-17-14(4-1)7-11-19(23-17)20-12-9-15-8-10-18-16(21(15)24-20)5-3-13-22-18/h1-13H. The van der Waals surface area contributed by atoms with Gasteiger partial charge in [-0.25, -0.2) is 9.97 Å². The third-order valence-corrected chi connectivity index (χ3v) is 4.30. The van der Waals surface area contributed by atoms with Gasteiger partial charge in [0.15, 0.2) is 0 Å². The van der Waals surface area contributed by atoms with Crippen LogP contribution >= 0.6 is 0 Å². The molecule has 5 rings (SSSR count). The van der Waals surface area contributed by atoms with Crippen molar-refractivity contribution in [2.75, 3.05) is 0 Å². The number of para-hydroxylation sites is 1. The quantitative estimate of drug-likeness (QED) is 0.409. The molecule has 0 unspecified atom stereocenters.